The third kappa shape index (κ3) is 5.07. The molecule has 1 aliphatic rings. The molecule has 140 valence electrons. The predicted molar refractivity (Wildman–Crippen MR) is 107 cm³/mol. The Hall–Kier alpha value is -1.40. The van der Waals surface area contributed by atoms with E-state index in [1.54, 1.807) is 18.3 Å². The van der Waals surface area contributed by atoms with Crippen LogP contribution in [0.5, 0.6) is 5.75 Å². The molecule has 0 aliphatic carbocycles. The summed E-state index contributed by atoms with van der Waals surface area (Å²) in [6.07, 6.45) is 0. The second kappa shape index (κ2) is 9.00. The van der Waals surface area contributed by atoms with Crippen LogP contribution in [0.1, 0.15) is 34.6 Å². The standard InChI is InChI=1S/C20H25ClN2O2S/c1-3-25-19-6-4-16(15(2)24)12-17(19)13-22-8-10-23(11-9-22)14-18-5-7-20(21)26-18/h4-7,12H,3,8-11,13-14H2,1-2H3. The van der Waals surface area contributed by atoms with E-state index in [0.717, 1.165) is 60.5 Å². The highest BCUT2D eigenvalue weighted by molar-refractivity contribution is 7.16. The number of benzene rings is 1. The summed E-state index contributed by atoms with van der Waals surface area (Å²) in [5.41, 5.74) is 1.84. The highest BCUT2D eigenvalue weighted by atomic mass is 35.5. The highest BCUT2D eigenvalue weighted by Gasteiger charge is 2.19. The van der Waals surface area contributed by atoms with Crippen molar-refractivity contribution in [1.82, 2.24) is 9.80 Å². The summed E-state index contributed by atoms with van der Waals surface area (Å²) in [4.78, 5) is 17.9. The molecule has 4 nitrogen and oxygen atoms in total. The molecule has 0 spiro atoms. The van der Waals surface area contributed by atoms with Crippen molar-refractivity contribution in [3.05, 3.63) is 50.7 Å². The van der Waals surface area contributed by atoms with Crippen molar-refractivity contribution in [3.63, 3.8) is 0 Å². The van der Waals surface area contributed by atoms with Crippen LogP contribution >= 0.6 is 22.9 Å². The molecule has 1 aliphatic heterocycles. The van der Waals surface area contributed by atoms with Crippen molar-refractivity contribution in [2.45, 2.75) is 26.9 Å². The van der Waals surface area contributed by atoms with Crippen LogP contribution < -0.4 is 4.74 Å². The van der Waals surface area contributed by atoms with Gasteiger partial charge in [0.25, 0.3) is 0 Å². The Bertz CT molecular complexity index is 754. The topological polar surface area (TPSA) is 32.8 Å². The molecule has 0 N–H and O–H groups in total. The molecule has 0 unspecified atom stereocenters. The Kier molecular flexibility index (Phi) is 6.70. The van der Waals surface area contributed by atoms with E-state index in [1.807, 2.05) is 31.2 Å². The molecule has 3 rings (SSSR count). The SMILES string of the molecule is CCOc1ccc(C(C)=O)cc1CN1CCN(Cc2ccc(Cl)s2)CC1. The Morgan fingerprint density at radius 1 is 1.12 bits per heavy atom. The highest BCUT2D eigenvalue weighted by Crippen LogP contribution is 2.25. The van der Waals surface area contributed by atoms with E-state index in [0.29, 0.717) is 6.61 Å². The molecule has 2 aromatic rings. The van der Waals surface area contributed by atoms with E-state index in [9.17, 15) is 4.79 Å². The first-order chi connectivity index (χ1) is 12.5. The molecule has 2 heterocycles. The van der Waals surface area contributed by atoms with Gasteiger partial charge in [-0.1, -0.05) is 11.6 Å². The van der Waals surface area contributed by atoms with Gasteiger partial charge in [-0.25, -0.2) is 0 Å². The zero-order valence-corrected chi connectivity index (χ0v) is 16.9. The fraction of sp³-hybridized carbons (Fsp3) is 0.450. The van der Waals surface area contributed by atoms with Crippen LogP contribution in [0.3, 0.4) is 0 Å². The molecule has 6 heteroatoms. The van der Waals surface area contributed by atoms with E-state index in [4.69, 9.17) is 16.3 Å². The van der Waals surface area contributed by atoms with Crippen LogP contribution in [0, 0.1) is 0 Å². The first kappa shape index (κ1) is 19.4. The van der Waals surface area contributed by atoms with Crippen molar-refractivity contribution < 1.29 is 9.53 Å². The zero-order valence-electron chi connectivity index (χ0n) is 15.3. The van der Waals surface area contributed by atoms with E-state index in [1.165, 1.54) is 4.88 Å². The lowest BCUT2D eigenvalue weighted by atomic mass is 10.1. The molecule has 0 atom stereocenters. The first-order valence-electron chi connectivity index (χ1n) is 9.00. The Balaban J connectivity index is 1.59. The quantitative estimate of drug-likeness (QED) is 0.657. The lowest BCUT2D eigenvalue weighted by Crippen LogP contribution is -2.45. The van der Waals surface area contributed by atoms with Gasteiger partial charge in [-0.2, -0.15) is 0 Å². The summed E-state index contributed by atoms with van der Waals surface area (Å²) in [5, 5.41) is 0. The van der Waals surface area contributed by atoms with Gasteiger partial charge in [0.2, 0.25) is 0 Å². The Morgan fingerprint density at radius 3 is 2.38 bits per heavy atom. The number of hydrogen-bond donors (Lipinski definition) is 0. The number of thiophene rings is 1. The van der Waals surface area contributed by atoms with Crippen LogP contribution in [0.25, 0.3) is 0 Å². The third-order valence-corrected chi connectivity index (χ3v) is 5.85. The lowest BCUT2D eigenvalue weighted by Gasteiger charge is -2.34. The molecule has 1 aromatic carbocycles. The third-order valence-electron chi connectivity index (χ3n) is 4.63. The first-order valence-corrected chi connectivity index (χ1v) is 10.2. The second-order valence-electron chi connectivity index (χ2n) is 6.57. The van der Waals surface area contributed by atoms with Crippen molar-refractivity contribution in [2.24, 2.45) is 0 Å². The minimum Gasteiger partial charge on any atom is -0.494 e. The van der Waals surface area contributed by atoms with Gasteiger partial charge in [-0.15, -0.1) is 11.3 Å². The van der Waals surface area contributed by atoms with Gasteiger partial charge >= 0.3 is 0 Å². The number of rotatable bonds is 7. The minimum absolute atomic E-state index is 0.0914. The fourth-order valence-electron chi connectivity index (χ4n) is 3.22. The molecule has 26 heavy (non-hydrogen) atoms. The zero-order chi connectivity index (χ0) is 18.5. The largest absolute Gasteiger partial charge is 0.494 e. The van der Waals surface area contributed by atoms with Crippen LogP contribution in [-0.2, 0) is 13.1 Å². The van der Waals surface area contributed by atoms with Gasteiger partial charge in [-0.3, -0.25) is 14.6 Å². The van der Waals surface area contributed by atoms with Crippen molar-refractivity contribution in [2.75, 3.05) is 32.8 Å². The number of ether oxygens (including phenoxy) is 1. The van der Waals surface area contributed by atoms with Gasteiger partial charge in [0.15, 0.2) is 5.78 Å². The number of nitrogens with zero attached hydrogens (tertiary/aromatic N) is 2. The van der Waals surface area contributed by atoms with Gasteiger partial charge in [0.1, 0.15) is 5.75 Å². The van der Waals surface area contributed by atoms with Crippen LogP contribution in [-0.4, -0.2) is 48.4 Å². The molecule has 1 saturated heterocycles. The molecular formula is C20H25ClN2O2S. The molecule has 0 radical (unpaired) electrons. The maximum atomic E-state index is 11.7. The number of carbonyl (C=O) groups excluding carboxylic acids is 1. The van der Waals surface area contributed by atoms with E-state index in [2.05, 4.69) is 15.9 Å². The number of Topliss-reactive ketones (excluding diaryl/α,β-unsaturated/α-hetero) is 1. The van der Waals surface area contributed by atoms with Crippen molar-refractivity contribution in [1.29, 1.82) is 0 Å². The average molecular weight is 393 g/mol. The number of carbonyl (C=O) groups is 1. The number of halogens is 1. The van der Waals surface area contributed by atoms with E-state index in [-0.39, 0.29) is 5.78 Å². The van der Waals surface area contributed by atoms with Gasteiger partial charge < -0.3 is 4.74 Å². The van der Waals surface area contributed by atoms with Gasteiger partial charge in [0.05, 0.1) is 10.9 Å². The summed E-state index contributed by atoms with van der Waals surface area (Å²) in [6, 6.07) is 9.83. The predicted octanol–water partition coefficient (Wildman–Crippen LogP) is 4.32. The van der Waals surface area contributed by atoms with Crippen LogP contribution in [0.4, 0.5) is 0 Å². The summed E-state index contributed by atoms with van der Waals surface area (Å²) in [7, 11) is 0. The summed E-state index contributed by atoms with van der Waals surface area (Å²) in [5.74, 6) is 0.974. The van der Waals surface area contributed by atoms with Crippen molar-refractivity contribution >= 4 is 28.7 Å². The molecule has 0 saturated carbocycles. The average Bonchev–Trinajstić information content (AvgIpc) is 3.03. The van der Waals surface area contributed by atoms with Crippen LogP contribution in [0.15, 0.2) is 30.3 Å². The van der Waals surface area contributed by atoms with Gasteiger partial charge in [-0.05, 0) is 44.2 Å². The van der Waals surface area contributed by atoms with E-state index < -0.39 is 0 Å². The molecule has 1 aromatic heterocycles. The number of hydrogen-bond acceptors (Lipinski definition) is 5. The maximum absolute atomic E-state index is 11.7. The molecule has 1 fully saturated rings. The Morgan fingerprint density at radius 2 is 1.81 bits per heavy atom. The maximum Gasteiger partial charge on any atom is 0.159 e. The molecule has 0 bridgehead atoms. The molecular weight excluding hydrogens is 368 g/mol. The molecule has 0 amide bonds. The van der Waals surface area contributed by atoms with Gasteiger partial charge in [0, 0.05) is 55.3 Å². The van der Waals surface area contributed by atoms with E-state index >= 15 is 0 Å². The summed E-state index contributed by atoms with van der Waals surface area (Å²) in [6.45, 7) is 10.1. The number of ketones is 1. The monoisotopic (exact) mass is 392 g/mol. The number of piperazine rings is 1. The minimum atomic E-state index is 0.0914. The lowest BCUT2D eigenvalue weighted by molar-refractivity contribution is 0.101. The normalized spacial score (nSPS) is 16.0. The second-order valence-corrected chi connectivity index (χ2v) is 8.37. The fourth-order valence-corrected chi connectivity index (χ4v) is 4.35. The van der Waals surface area contributed by atoms with Crippen LogP contribution in [0.2, 0.25) is 4.34 Å². The summed E-state index contributed by atoms with van der Waals surface area (Å²) < 4.78 is 6.61. The van der Waals surface area contributed by atoms with Crippen molar-refractivity contribution in [3.8, 4) is 5.75 Å². The summed E-state index contributed by atoms with van der Waals surface area (Å²) >= 11 is 7.68. The Labute approximate surface area is 164 Å². The smallest absolute Gasteiger partial charge is 0.159 e.